The van der Waals surface area contributed by atoms with Crippen LogP contribution in [0.4, 0.5) is 0 Å². The minimum Gasteiger partial charge on any atom is -0.338 e. The van der Waals surface area contributed by atoms with Gasteiger partial charge in [0.1, 0.15) is 0 Å². The van der Waals surface area contributed by atoms with Gasteiger partial charge in [-0.1, -0.05) is 5.16 Å². The molecule has 0 aromatic carbocycles. The zero-order valence-corrected chi connectivity index (χ0v) is 16.4. The van der Waals surface area contributed by atoms with E-state index in [-0.39, 0.29) is 24.8 Å². The molecule has 0 aliphatic carbocycles. The number of aromatic nitrogens is 2. The van der Waals surface area contributed by atoms with E-state index in [1.807, 2.05) is 13.8 Å². The van der Waals surface area contributed by atoms with Crippen LogP contribution in [0.3, 0.4) is 0 Å². The van der Waals surface area contributed by atoms with Crippen LogP contribution < -0.4 is 5.73 Å². The minimum absolute atomic E-state index is 0. The molecule has 0 radical (unpaired) electrons. The Bertz CT molecular complexity index is 477. The summed E-state index contributed by atoms with van der Waals surface area (Å²) >= 11 is 0. The zero-order chi connectivity index (χ0) is 15.6. The number of hydrogen-bond acceptors (Lipinski definition) is 6. The maximum atomic E-state index is 6.00. The number of hydrogen-bond donors (Lipinski definition) is 1. The Kier molecular flexibility index (Phi) is 8.42. The van der Waals surface area contributed by atoms with Gasteiger partial charge >= 0.3 is 0 Å². The normalized spacial score (nSPS) is 20.6. The summed E-state index contributed by atoms with van der Waals surface area (Å²) in [5.74, 6) is 2.13. The van der Waals surface area contributed by atoms with Crippen molar-refractivity contribution in [3.05, 3.63) is 11.7 Å². The molecule has 2 aliphatic heterocycles. The summed E-state index contributed by atoms with van der Waals surface area (Å²) in [7, 11) is 0. The summed E-state index contributed by atoms with van der Waals surface area (Å²) in [4.78, 5) is 9.48. The molecule has 1 aromatic rings. The van der Waals surface area contributed by atoms with Crippen LogP contribution in [0.25, 0.3) is 0 Å². The van der Waals surface area contributed by atoms with E-state index in [4.69, 9.17) is 10.3 Å². The highest BCUT2D eigenvalue weighted by Crippen LogP contribution is 2.22. The molecule has 2 saturated heterocycles. The Hall–Kier alpha value is -0.400. The van der Waals surface area contributed by atoms with Crippen molar-refractivity contribution in [2.45, 2.75) is 51.6 Å². The van der Waals surface area contributed by atoms with Crippen molar-refractivity contribution in [1.82, 2.24) is 19.9 Å². The van der Waals surface area contributed by atoms with Crippen molar-refractivity contribution in [1.29, 1.82) is 0 Å². The largest absolute Gasteiger partial charge is 0.338 e. The third kappa shape index (κ3) is 5.85. The Balaban J connectivity index is 0.00000144. The molecule has 8 heteroatoms. The lowest BCUT2D eigenvalue weighted by molar-refractivity contribution is 0.137. The molecule has 2 N–H and O–H groups in total. The van der Waals surface area contributed by atoms with Crippen molar-refractivity contribution >= 4 is 24.8 Å². The third-order valence-corrected chi connectivity index (χ3v) is 4.83. The van der Waals surface area contributed by atoms with Crippen LogP contribution in [0.5, 0.6) is 0 Å². The first-order valence-corrected chi connectivity index (χ1v) is 8.57. The van der Waals surface area contributed by atoms with E-state index in [1.54, 1.807) is 0 Å². The predicted octanol–water partition coefficient (Wildman–Crippen LogP) is 2.41. The van der Waals surface area contributed by atoms with Gasteiger partial charge < -0.3 is 15.2 Å². The summed E-state index contributed by atoms with van der Waals surface area (Å²) in [6, 6.07) is 0. The van der Waals surface area contributed by atoms with E-state index >= 15 is 0 Å². The summed E-state index contributed by atoms with van der Waals surface area (Å²) < 4.78 is 5.34. The molecule has 140 valence electrons. The molecule has 0 spiro atoms. The fourth-order valence-corrected chi connectivity index (χ4v) is 3.43. The Morgan fingerprint density at radius 1 is 1.08 bits per heavy atom. The van der Waals surface area contributed by atoms with Crippen LogP contribution in [0, 0.1) is 5.92 Å². The molecule has 3 heterocycles. The first-order valence-electron chi connectivity index (χ1n) is 8.57. The lowest BCUT2D eigenvalue weighted by Crippen LogP contribution is -2.37. The monoisotopic (exact) mass is 379 g/mol. The molecule has 2 aliphatic rings. The zero-order valence-electron chi connectivity index (χ0n) is 14.7. The second-order valence-corrected chi connectivity index (χ2v) is 7.46. The number of rotatable bonds is 5. The average Bonchev–Trinajstić information content (AvgIpc) is 3.12. The molecule has 1 aromatic heterocycles. The Morgan fingerprint density at radius 2 is 1.71 bits per heavy atom. The molecule has 0 saturated carbocycles. The van der Waals surface area contributed by atoms with Crippen molar-refractivity contribution < 1.29 is 4.52 Å². The van der Waals surface area contributed by atoms with Gasteiger partial charge in [-0.25, -0.2) is 0 Å². The first kappa shape index (κ1) is 21.6. The lowest BCUT2D eigenvalue weighted by Gasteiger charge is -2.33. The molecule has 2 fully saturated rings. The van der Waals surface area contributed by atoms with E-state index in [0.29, 0.717) is 11.7 Å². The number of nitrogens with zero attached hydrogens (tertiary/aromatic N) is 4. The van der Waals surface area contributed by atoms with E-state index in [2.05, 4.69) is 19.9 Å². The van der Waals surface area contributed by atoms with Gasteiger partial charge in [0.2, 0.25) is 5.89 Å². The van der Waals surface area contributed by atoms with Gasteiger partial charge in [0.05, 0.1) is 12.1 Å². The van der Waals surface area contributed by atoms with Crippen LogP contribution in [0.2, 0.25) is 0 Å². The van der Waals surface area contributed by atoms with E-state index < -0.39 is 5.54 Å². The van der Waals surface area contributed by atoms with Crippen molar-refractivity contribution in [2.75, 3.05) is 32.7 Å². The van der Waals surface area contributed by atoms with E-state index in [9.17, 15) is 0 Å². The van der Waals surface area contributed by atoms with Crippen LogP contribution >= 0.6 is 24.8 Å². The van der Waals surface area contributed by atoms with Gasteiger partial charge in [-0.05, 0) is 71.6 Å². The molecular formula is C16H31Cl2N5O. The molecule has 6 nitrogen and oxygen atoms in total. The molecular weight excluding hydrogens is 349 g/mol. The van der Waals surface area contributed by atoms with Gasteiger partial charge in [-0.2, -0.15) is 4.98 Å². The Morgan fingerprint density at radius 3 is 2.25 bits per heavy atom. The third-order valence-electron chi connectivity index (χ3n) is 4.83. The highest BCUT2D eigenvalue weighted by atomic mass is 35.5. The quantitative estimate of drug-likeness (QED) is 0.846. The van der Waals surface area contributed by atoms with Gasteiger partial charge in [0.25, 0.3) is 0 Å². The standard InChI is InChI=1S/C16H29N5O.2ClH/c1-16(2,17)15-18-14(22-19-15)12-21-9-5-13(6-10-21)11-20-7-3-4-8-20;;/h13H,3-12,17H2,1-2H3;2*1H. The highest BCUT2D eigenvalue weighted by molar-refractivity contribution is 5.85. The lowest BCUT2D eigenvalue weighted by atomic mass is 9.96. The topological polar surface area (TPSA) is 71.4 Å². The van der Waals surface area contributed by atoms with Crippen molar-refractivity contribution in [2.24, 2.45) is 11.7 Å². The van der Waals surface area contributed by atoms with Gasteiger partial charge in [0.15, 0.2) is 5.82 Å². The molecule has 24 heavy (non-hydrogen) atoms. The molecule has 0 unspecified atom stereocenters. The summed E-state index contributed by atoms with van der Waals surface area (Å²) in [5.41, 5.74) is 5.46. The van der Waals surface area contributed by atoms with Crippen LogP contribution in [0.15, 0.2) is 4.52 Å². The molecule has 0 atom stereocenters. The molecule has 0 bridgehead atoms. The van der Waals surface area contributed by atoms with Gasteiger partial charge in [-0.3, -0.25) is 4.90 Å². The predicted molar refractivity (Wildman–Crippen MR) is 99.7 cm³/mol. The molecule has 3 rings (SSSR count). The van der Waals surface area contributed by atoms with E-state index in [0.717, 1.165) is 25.6 Å². The second-order valence-electron chi connectivity index (χ2n) is 7.46. The van der Waals surface area contributed by atoms with Crippen molar-refractivity contribution in [3.63, 3.8) is 0 Å². The SMILES string of the molecule is CC(C)(N)c1noc(CN2CCC(CN3CCCC3)CC2)n1.Cl.Cl. The smallest absolute Gasteiger partial charge is 0.240 e. The Labute approximate surface area is 157 Å². The van der Waals surface area contributed by atoms with Crippen LogP contribution in [0.1, 0.15) is 51.2 Å². The second kappa shape index (κ2) is 9.34. The van der Waals surface area contributed by atoms with Crippen LogP contribution in [-0.4, -0.2) is 52.7 Å². The summed E-state index contributed by atoms with van der Waals surface area (Å²) in [5, 5.41) is 3.99. The molecule has 0 amide bonds. The average molecular weight is 380 g/mol. The highest BCUT2D eigenvalue weighted by Gasteiger charge is 2.25. The van der Waals surface area contributed by atoms with E-state index in [1.165, 1.54) is 45.3 Å². The maximum absolute atomic E-state index is 6.00. The number of likely N-dealkylation sites (tertiary alicyclic amines) is 2. The van der Waals surface area contributed by atoms with Gasteiger partial charge in [0, 0.05) is 6.54 Å². The fourth-order valence-electron chi connectivity index (χ4n) is 3.43. The van der Waals surface area contributed by atoms with Gasteiger partial charge in [-0.15, -0.1) is 24.8 Å². The summed E-state index contributed by atoms with van der Waals surface area (Å²) in [6.45, 7) is 10.7. The van der Waals surface area contributed by atoms with Crippen LogP contribution in [-0.2, 0) is 12.1 Å². The maximum Gasteiger partial charge on any atom is 0.240 e. The number of piperidine rings is 1. The number of nitrogens with two attached hydrogens (primary N) is 1. The summed E-state index contributed by atoms with van der Waals surface area (Å²) in [6.07, 6.45) is 5.32. The number of halogens is 2. The van der Waals surface area contributed by atoms with Crippen molar-refractivity contribution in [3.8, 4) is 0 Å². The minimum atomic E-state index is -0.537. The fraction of sp³-hybridized carbons (Fsp3) is 0.875. The first-order chi connectivity index (χ1) is 10.5.